The number of benzene rings is 1. The zero-order valence-corrected chi connectivity index (χ0v) is 12.6. The minimum atomic E-state index is 0.0216. The van der Waals surface area contributed by atoms with E-state index in [-0.39, 0.29) is 5.56 Å². The molecule has 2 aromatic heterocycles. The van der Waals surface area contributed by atoms with Gasteiger partial charge in [0.15, 0.2) is 0 Å². The van der Waals surface area contributed by atoms with Crippen LogP contribution < -0.4 is 5.56 Å². The van der Waals surface area contributed by atoms with Gasteiger partial charge in [-0.15, -0.1) is 0 Å². The van der Waals surface area contributed by atoms with Crippen molar-refractivity contribution < 1.29 is 0 Å². The number of hydrogen-bond donors (Lipinski definition) is 0. The highest BCUT2D eigenvalue weighted by molar-refractivity contribution is 7.06. The maximum Gasteiger partial charge on any atom is 0.263 e. The van der Waals surface area contributed by atoms with E-state index in [1.165, 1.54) is 17.1 Å². The number of fused-ring (bicyclic) bond motifs is 1. The van der Waals surface area contributed by atoms with Gasteiger partial charge in [0, 0.05) is 16.5 Å². The predicted molar refractivity (Wildman–Crippen MR) is 84.0 cm³/mol. The third-order valence-corrected chi connectivity index (χ3v) is 4.26. The first kappa shape index (κ1) is 13.1. The largest absolute Gasteiger partial charge is 0.281 e. The van der Waals surface area contributed by atoms with Gasteiger partial charge in [-0.3, -0.25) is 9.36 Å². The third-order valence-electron chi connectivity index (χ3n) is 3.56. The Morgan fingerprint density at radius 2 is 1.90 bits per heavy atom. The van der Waals surface area contributed by atoms with Crippen molar-refractivity contribution in [3.8, 4) is 5.69 Å². The molecule has 3 nitrogen and oxygen atoms in total. The van der Waals surface area contributed by atoms with Crippen LogP contribution in [0, 0.1) is 6.92 Å². The maximum absolute atomic E-state index is 12.7. The monoisotopic (exact) mass is 284 g/mol. The van der Waals surface area contributed by atoms with E-state index in [1.807, 2.05) is 37.4 Å². The van der Waals surface area contributed by atoms with Crippen LogP contribution >= 0.6 is 11.5 Å². The van der Waals surface area contributed by atoms with E-state index >= 15 is 0 Å². The Bertz CT molecular complexity index is 830. The Balaban J connectivity index is 2.43. The molecule has 0 aliphatic rings. The first-order valence-electron chi connectivity index (χ1n) is 6.65. The first-order chi connectivity index (χ1) is 9.59. The molecule has 3 aromatic rings. The topological polar surface area (TPSA) is 34.9 Å². The van der Waals surface area contributed by atoms with Crippen LogP contribution in [0.4, 0.5) is 0 Å². The van der Waals surface area contributed by atoms with E-state index in [0.717, 1.165) is 21.3 Å². The number of aryl methyl sites for hydroxylation is 1. The van der Waals surface area contributed by atoms with E-state index in [0.29, 0.717) is 5.92 Å². The van der Waals surface area contributed by atoms with Crippen LogP contribution in [0.5, 0.6) is 0 Å². The van der Waals surface area contributed by atoms with Crippen molar-refractivity contribution in [1.29, 1.82) is 0 Å². The van der Waals surface area contributed by atoms with Gasteiger partial charge in [0.2, 0.25) is 0 Å². The van der Waals surface area contributed by atoms with Crippen LogP contribution in [0.1, 0.15) is 30.2 Å². The average Bonchev–Trinajstić information content (AvgIpc) is 2.85. The molecule has 4 heteroatoms. The first-order valence-corrected chi connectivity index (χ1v) is 7.43. The van der Waals surface area contributed by atoms with Crippen molar-refractivity contribution in [2.75, 3.05) is 0 Å². The molecule has 3 rings (SSSR count). The molecule has 0 spiro atoms. The summed E-state index contributed by atoms with van der Waals surface area (Å²) in [5.41, 5.74) is 2.09. The number of rotatable bonds is 2. The van der Waals surface area contributed by atoms with Crippen LogP contribution in [0.25, 0.3) is 16.5 Å². The Morgan fingerprint density at radius 1 is 1.20 bits per heavy atom. The minimum absolute atomic E-state index is 0.0216. The second-order valence-corrected chi connectivity index (χ2v) is 6.23. The summed E-state index contributed by atoms with van der Waals surface area (Å²) < 4.78 is 5.91. The van der Waals surface area contributed by atoms with Gasteiger partial charge in [-0.2, -0.15) is 4.37 Å². The van der Waals surface area contributed by atoms with Crippen LogP contribution in [0.3, 0.4) is 0 Å². The second kappa shape index (κ2) is 4.87. The molecule has 0 amide bonds. The second-order valence-electron chi connectivity index (χ2n) is 5.23. The van der Waals surface area contributed by atoms with Crippen molar-refractivity contribution in [2.24, 2.45) is 0 Å². The van der Waals surface area contributed by atoms with E-state index in [1.54, 1.807) is 10.8 Å². The molecule has 0 saturated heterocycles. The van der Waals surface area contributed by atoms with Crippen LogP contribution in [-0.4, -0.2) is 8.94 Å². The quantitative estimate of drug-likeness (QED) is 0.716. The summed E-state index contributed by atoms with van der Waals surface area (Å²) in [7, 11) is 0. The molecule has 2 heterocycles. The average molecular weight is 284 g/mol. The van der Waals surface area contributed by atoms with Gasteiger partial charge in [0.25, 0.3) is 5.56 Å². The SMILES string of the molecule is Cc1sncc1-n1cc(C(C)C)c2ccccc2c1=O. The molecule has 0 saturated carbocycles. The summed E-state index contributed by atoms with van der Waals surface area (Å²) in [5.74, 6) is 0.360. The Hall–Kier alpha value is -1.94. The van der Waals surface area contributed by atoms with Crippen LogP contribution in [0.2, 0.25) is 0 Å². The molecular formula is C16H16N2OS. The molecule has 0 atom stereocenters. The van der Waals surface area contributed by atoms with Crippen molar-refractivity contribution in [1.82, 2.24) is 8.94 Å². The van der Waals surface area contributed by atoms with Crippen molar-refractivity contribution >= 4 is 22.3 Å². The van der Waals surface area contributed by atoms with Crippen molar-refractivity contribution in [3.05, 3.63) is 57.5 Å². The van der Waals surface area contributed by atoms with E-state index in [4.69, 9.17) is 0 Å². The molecule has 20 heavy (non-hydrogen) atoms. The van der Waals surface area contributed by atoms with Gasteiger partial charge in [-0.05, 0) is 41.4 Å². The number of aromatic nitrogens is 2. The molecule has 0 aliphatic heterocycles. The fourth-order valence-electron chi connectivity index (χ4n) is 2.48. The fraction of sp³-hybridized carbons (Fsp3) is 0.250. The Kier molecular flexibility index (Phi) is 3.18. The molecule has 0 bridgehead atoms. The summed E-state index contributed by atoms with van der Waals surface area (Å²) in [6.07, 6.45) is 3.73. The number of pyridine rings is 1. The lowest BCUT2D eigenvalue weighted by atomic mass is 9.98. The van der Waals surface area contributed by atoms with E-state index in [2.05, 4.69) is 18.2 Å². The van der Waals surface area contributed by atoms with E-state index in [9.17, 15) is 4.79 Å². The minimum Gasteiger partial charge on any atom is -0.281 e. The Morgan fingerprint density at radius 3 is 2.50 bits per heavy atom. The standard InChI is InChI=1S/C16H16N2OS/c1-10(2)14-9-18(15-8-17-20-11(15)3)16(19)13-7-5-4-6-12(13)14/h4-10H,1-3H3. The summed E-state index contributed by atoms with van der Waals surface area (Å²) in [5, 5.41) is 1.81. The van der Waals surface area contributed by atoms with Gasteiger partial charge >= 0.3 is 0 Å². The number of nitrogens with zero attached hydrogens (tertiary/aromatic N) is 2. The molecule has 0 unspecified atom stereocenters. The van der Waals surface area contributed by atoms with Crippen molar-refractivity contribution in [3.63, 3.8) is 0 Å². The molecule has 0 fully saturated rings. The van der Waals surface area contributed by atoms with Crippen molar-refractivity contribution in [2.45, 2.75) is 26.7 Å². The fourth-order valence-corrected chi connectivity index (χ4v) is 3.04. The highest BCUT2D eigenvalue weighted by Gasteiger charge is 2.13. The molecule has 102 valence electrons. The van der Waals surface area contributed by atoms with Crippen LogP contribution in [-0.2, 0) is 0 Å². The molecule has 0 aliphatic carbocycles. The lowest BCUT2D eigenvalue weighted by Gasteiger charge is -2.14. The maximum atomic E-state index is 12.7. The molecular weight excluding hydrogens is 268 g/mol. The zero-order chi connectivity index (χ0) is 14.3. The highest BCUT2D eigenvalue weighted by Crippen LogP contribution is 2.25. The number of hydrogen-bond acceptors (Lipinski definition) is 3. The van der Waals surface area contributed by atoms with Gasteiger partial charge < -0.3 is 0 Å². The highest BCUT2D eigenvalue weighted by atomic mass is 32.1. The summed E-state index contributed by atoms with van der Waals surface area (Å²) >= 11 is 1.42. The molecule has 1 aromatic carbocycles. The van der Waals surface area contributed by atoms with E-state index < -0.39 is 0 Å². The molecule has 0 radical (unpaired) electrons. The summed E-state index contributed by atoms with van der Waals surface area (Å²) in [6, 6.07) is 7.82. The normalized spacial score (nSPS) is 11.4. The smallest absolute Gasteiger partial charge is 0.263 e. The predicted octanol–water partition coefficient (Wildman–Crippen LogP) is 3.88. The lowest BCUT2D eigenvalue weighted by Crippen LogP contribution is -2.19. The lowest BCUT2D eigenvalue weighted by molar-refractivity contribution is 0.848. The summed E-state index contributed by atoms with van der Waals surface area (Å²) in [6.45, 7) is 6.29. The third kappa shape index (κ3) is 1.96. The van der Waals surface area contributed by atoms with Crippen LogP contribution in [0.15, 0.2) is 41.5 Å². The van der Waals surface area contributed by atoms with Gasteiger partial charge in [0.1, 0.15) is 0 Å². The van der Waals surface area contributed by atoms with Gasteiger partial charge in [-0.25, -0.2) is 0 Å². The van der Waals surface area contributed by atoms with Gasteiger partial charge in [0.05, 0.1) is 11.9 Å². The molecule has 0 N–H and O–H groups in total. The summed E-state index contributed by atoms with van der Waals surface area (Å²) in [4.78, 5) is 13.7. The zero-order valence-electron chi connectivity index (χ0n) is 11.8. The van der Waals surface area contributed by atoms with Gasteiger partial charge in [-0.1, -0.05) is 32.0 Å². The Labute approximate surface area is 121 Å².